The van der Waals surface area contributed by atoms with E-state index in [2.05, 4.69) is 67.5 Å². The van der Waals surface area contributed by atoms with Crippen LogP contribution in [-0.2, 0) is 6.42 Å². The SMILES string of the molecule is CN(C)[C@H]1C[C@@H](Cc2ccc(-c3ccccc3)cc2)C[C@@H]1O.Cl. The van der Waals surface area contributed by atoms with E-state index in [0.717, 1.165) is 19.3 Å². The number of halogens is 1. The monoisotopic (exact) mass is 331 g/mol. The first-order valence-electron chi connectivity index (χ1n) is 8.12. The molecule has 2 nitrogen and oxygen atoms in total. The first-order chi connectivity index (χ1) is 10.6. The molecule has 23 heavy (non-hydrogen) atoms. The molecule has 1 aliphatic rings. The van der Waals surface area contributed by atoms with Crippen LogP contribution in [0.25, 0.3) is 11.1 Å². The molecule has 2 aromatic rings. The van der Waals surface area contributed by atoms with Gasteiger partial charge in [0.15, 0.2) is 0 Å². The van der Waals surface area contributed by atoms with Crippen LogP contribution in [0.15, 0.2) is 54.6 Å². The van der Waals surface area contributed by atoms with E-state index in [0.29, 0.717) is 12.0 Å². The third-order valence-electron chi connectivity index (χ3n) is 4.84. The van der Waals surface area contributed by atoms with Crippen LogP contribution in [-0.4, -0.2) is 36.2 Å². The van der Waals surface area contributed by atoms with Crippen LogP contribution in [0.1, 0.15) is 18.4 Å². The van der Waals surface area contributed by atoms with Gasteiger partial charge in [0, 0.05) is 6.04 Å². The number of rotatable bonds is 4. The maximum Gasteiger partial charge on any atom is 0.0698 e. The fourth-order valence-corrected chi connectivity index (χ4v) is 3.61. The third-order valence-corrected chi connectivity index (χ3v) is 4.84. The van der Waals surface area contributed by atoms with Crippen molar-refractivity contribution < 1.29 is 5.11 Å². The molecule has 2 aromatic carbocycles. The van der Waals surface area contributed by atoms with E-state index in [1.807, 2.05) is 6.07 Å². The Morgan fingerprint density at radius 2 is 1.52 bits per heavy atom. The van der Waals surface area contributed by atoms with Gasteiger partial charge < -0.3 is 10.0 Å². The summed E-state index contributed by atoms with van der Waals surface area (Å²) in [5, 5.41) is 10.2. The van der Waals surface area contributed by atoms with Gasteiger partial charge in [-0.1, -0.05) is 54.6 Å². The first kappa shape index (κ1) is 18.0. The van der Waals surface area contributed by atoms with E-state index in [1.165, 1.54) is 16.7 Å². The Kier molecular flexibility index (Phi) is 6.23. The number of aliphatic hydroxyl groups is 1. The van der Waals surface area contributed by atoms with E-state index in [1.54, 1.807) is 0 Å². The van der Waals surface area contributed by atoms with E-state index < -0.39 is 0 Å². The fourth-order valence-electron chi connectivity index (χ4n) is 3.61. The standard InChI is InChI=1S/C20H25NO.ClH/c1-21(2)19-13-16(14-20(19)22)12-15-8-10-18(11-9-15)17-6-4-3-5-7-17;/h3-11,16,19-20,22H,12-14H2,1-2H3;1H/t16-,19+,20+;/m1./s1. The van der Waals surface area contributed by atoms with Crippen molar-refractivity contribution in [2.45, 2.75) is 31.4 Å². The Labute approximate surface area is 145 Å². The Bertz CT molecular complexity index is 597. The minimum Gasteiger partial charge on any atom is -0.391 e. The summed E-state index contributed by atoms with van der Waals surface area (Å²) in [6, 6.07) is 19.7. The van der Waals surface area contributed by atoms with Crippen molar-refractivity contribution in [1.29, 1.82) is 0 Å². The first-order valence-corrected chi connectivity index (χ1v) is 8.12. The number of hydrogen-bond donors (Lipinski definition) is 1. The Morgan fingerprint density at radius 3 is 2.09 bits per heavy atom. The van der Waals surface area contributed by atoms with Gasteiger partial charge in [0.2, 0.25) is 0 Å². The van der Waals surface area contributed by atoms with Crippen molar-refractivity contribution in [3.63, 3.8) is 0 Å². The van der Waals surface area contributed by atoms with Gasteiger partial charge in [-0.15, -0.1) is 12.4 Å². The highest BCUT2D eigenvalue weighted by Gasteiger charge is 2.33. The van der Waals surface area contributed by atoms with Gasteiger partial charge in [0.25, 0.3) is 0 Å². The molecular weight excluding hydrogens is 306 g/mol. The van der Waals surface area contributed by atoms with Crippen molar-refractivity contribution in [2.24, 2.45) is 5.92 Å². The summed E-state index contributed by atoms with van der Waals surface area (Å²) in [4.78, 5) is 2.16. The second kappa shape index (κ2) is 7.96. The molecule has 1 aliphatic carbocycles. The van der Waals surface area contributed by atoms with Crippen molar-refractivity contribution in [3.05, 3.63) is 60.2 Å². The summed E-state index contributed by atoms with van der Waals surface area (Å²) in [5.41, 5.74) is 3.90. The molecule has 3 rings (SSSR count). The van der Waals surface area contributed by atoms with Crippen LogP contribution in [0.2, 0.25) is 0 Å². The molecule has 1 saturated carbocycles. The van der Waals surface area contributed by atoms with Gasteiger partial charge >= 0.3 is 0 Å². The van der Waals surface area contributed by atoms with Crippen LogP contribution < -0.4 is 0 Å². The minimum absolute atomic E-state index is 0. The molecule has 0 saturated heterocycles. The van der Waals surface area contributed by atoms with E-state index in [-0.39, 0.29) is 18.5 Å². The summed E-state index contributed by atoms with van der Waals surface area (Å²) in [5.74, 6) is 0.588. The van der Waals surface area contributed by atoms with Crippen LogP contribution in [0.4, 0.5) is 0 Å². The molecule has 124 valence electrons. The number of hydrogen-bond acceptors (Lipinski definition) is 2. The quantitative estimate of drug-likeness (QED) is 0.914. The highest BCUT2D eigenvalue weighted by Crippen LogP contribution is 2.31. The lowest BCUT2D eigenvalue weighted by atomic mass is 9.96. The molecule has 0 spiro atoms. The molecule has 0 heterocycles. The fraction of sp³-hybridized carbons (Fsp3) is 0.400. The van der Waals surface area contributed by atoms with E-state index >= 15 is 0 Å². The molecule has 3 atom stereocenters. The van der Waals surface area contributed by atoms with Crippen LogP contribution >= 0.6 is 12.4 Å². The van der Waals surface area contributed by atoms with Gasteiger partial charge in [-0.3, -0.25) is 0 Å². The predicted octanol–water partition coefficient (Wildman–Crippen LogP) is 4.02. The molecule has 3 heteroatoms. The number of aliphatic hydroxyl groups excluding tert-OH is 1. The number of benzene rings is 2. The maximum atomic E-state index is 10.2. The van der Waals surface area contributed by atoms with Crippen LogP contribution in [0.5, 0.6) is 0 Å². The molecule has 0 radical (unpaired) electrons. The van der Waals surface area contributed by atoms with Crippen LogP contribution in [0, 0.1) is 5.92 Å². The molecule has 1 fully saturated rings. The Balaban J connectivity index is 0.00000192. The summed E-state index contributed by atoms with van der Waals surface area (Å²) in [6.07, 6.45) is 2.90. The van der Waals surface area contributed by atoms with E-state index in [9.17, 15) is 5.11 Å². The molecule has 0 aromatic heterocycles. The highest BCUT2D eigenvalue weighted by atomic mass is 35.5. The molecule has 0 aliphatic heterocycles. The largest absolute Gasteiger partial charge is 0.391 e. The number of nitrogens with zero attached hydrogens (tertiary/aromatic N) is 1. The Morgan fingerprint density at radius 1 is 0.913 bits per heavy atom. The zero-order valence-corrected chi connectivity index (χ0v) is 14.7. The molecule has 0 bridgehead atoms. The second-order valence-electron chi connectivity index (χ2n) is 6.70. The zero-order chi connectivity index (χ0) is 15.5. The smallest absolute Gasteiger partial charge is 0.0698 e. The molecule has 0 amide bonds. The lowest BCUT2D eigenvalue weighted by molar-refractivity contribution is 0.0997. The summed E-state index contributed by atoms with van der Waals surface area (Å²) in [7, 11) is 4.12. The van der Waals surface area contributed by atoms with Gasteiger partial charge in [-0.2, -0.15) is 0 Å². The normalized spacial score (nSPS) is 23.7. The van der Waals surface area contributed by atoms with Gasteiger partial charge in [-0.05, 0) is 56.0 Å². The molecular formula is C20H26ClNO. The van der Waals surface area contributed by atoms with Crippen molar-refractivity contribution in [1.82, 2.24) is 4.90 Å². The maximum absolute atomic E-state index is 10.2. The minimum atomic E-state index is -0.177. The van der Waals surface area contributed by atoms with E-state index in [4.69, 9.17) is 0 Å². The molecule has 1 N–H and O–H groups in total. The summed E-state index contributed by atoms with van der Waals surface area (Å²) < 4.78 is 0. The van der Waals surface area contributed by atoms with Gasteiger partial charge in [-0.25, -0.2) is 0 Å². The van der Waals surface area contributed by atoms with Crippen molar-refractivity contribution in [3.8, 4) is 11.1 Å². The van der Waals surface area contributed by atoms with Crippen molar-refractivity contribution >= 4 is 12.4 Å². The summed E-state index contributed by atoms with van der Waals surface area (Å²) >= 11 is 0. The van der Waals surface area contributed by atoms with Crippen LogP contribution in [0.3, 0.4) is 0 Å². The van der Waals surface area contributed by atoms with Gasteiger partial charge in [0.1, 0.15) is 0 Å². The lowest BCUT2D eigenvalue weighted by Crippen LogP contribution is -2.34. The predicted molar refractivity (Wildman–Crippen MR) is 99.0 cm³/mol. The average molecular weight is 332 g/mol. The second-order valence-corrected chi connectivity index (χ2v) is 6.70. The number of likely N-dealkylation sites (N-methyl/N-ethyl adjacent to an activating group) is 1. The van der Waals surface area contributed by atoms with Crippen molar-refractivity contribution in [2.75, 3.05) is 14.1 Å². The highest BCUT2D eigenvalue weighted by molar-refractivity contribution is 5.85. The lowest BCUT2D eigenvalue weighted by Gasteiger charge is -2.22. The zero-order valence-electron chi connectivity index (χ0n) is 13.9. The molecule has 0 unspecified atom stereocenters. The van der Waals surface area contributed by atoms with Gasteiger partial charge in [0.05, 0.1) is 6.10 Å². The summed E-state index contributed by atoms with van der Waals surface area (Å²) in [6.45, 7) is 0. The average Bonchev–Trinajstić information content (AvgIpc) is 2.90. The topological polar surface area (TPSA) is 23.5 Å². The Hall–Kier alpha value is -1.35. The third kappa shape index (κ3) is 4.35.